The molecule has 1 aromatic carbocycles. The van der Waals surface area contributed by atoms with Gasteiger partial charge in [-0.1, -0.05) is 18.6 Å². The first-order valence-electron chi connectivity index (χ1n) is 11.9. The van der Waals surface area contributed by atoms with Crippen molar-refractivity contribution in [1.29, 1.82) is 0 Å². The largest absolute Gasteiger partial charge is 0.358 e. The summed E-state index contributed by atoms with van der Waals surface area (Å²) in [6.07, 6.45) is 8.48. The first-order valence-corrected chi connectivity index (χ1v) is 11.9. The lowest BCUT2D eigenvalue weighted by atomic mass is 9.89. The van der Waals surface area contributed by atoms with Crippen molar-refractivity contribution in [1.82, 2.24) is 24.6 Å². The number of benzene rings is 1. The SMILES string of the molecule is CCCn1ncc(C(=O)N2CCCC(c3[nH]c4ccc(C)cc4c3-c3ccncc3)C2)c1C. The van der Waals surface area contributed by atoms with E-state index in [0.717, 1.165) is 54.7 Å². The number of rotatable bonds is 5. The van der Waals surface area contributed by atoms with Crippen molar-refractivity contribution in [3.8, 4) is 11.1 Å². The van der Waals surface area contributed by atoms with Gasteiger partial charge in [0.25, 0.3) is 5.91 Å². The molecular weight excluding hydrogens is 410 g/mol. The quantitative estimate of drug-likeness (QED) is 0.446. The van der Waals surface area contributed by atoms with Crippen LogP contribution < -0.4 is 0 Å². The Morgan fingerprint density at radius 2 is 2.00 bits per heavy atom. The van der Waals surface area contributed by atoms with E-state index in [4.69, 9.17) is 0 Å². The number of hydrogen-bond donors (Lipinski definition) is 1. The Morgan fingerprint density at radius 3 is 2.79 bits per heavy atom. The molecule has 6 heteroatoms. The molecule has 0 spiro atoms. The van der Waals surface area contributed by atoms with Crippen LogP contribution in [0.25, 0.3) is 22.0 Å². The predicted molar refractivity (Wildman–Crippen MR) is 131 cm³/mol. The number of nitrogens with one attached hydrogen (secondary N) is 1. The van der Waals surface area contributed by atoms with E-state index in [1.165, 1.54) is 22.2 Å². The normalized spacial score (nSPS) is 16.5. The number of aryl methyl sites for hydroxylation is 2. The van der Waals surface area contributed by atoms with Gasteiger partial charge in [-0.05, 0) is 62.9 Å². The molecule has 3 aromatic heterocycles. The maximum absolute atomic E-state index is 13.4. The lowest BCUT2D eigenvalue weighted by Crippen LogP contribution is -2.39. The number of likely N-dealkylation sites (tertiary alicyclic amines) is 1. The number of aromatic amines is 1. The highest BCUT2D eigenvalue weighted by Gasteiger charge is 2.30. The number of aromatic nitrogens is 4. The van der Waals surface area contributed by atoms with E-state index in [2.05, 4.69) is 59.2 Å². The number of carbonyl (C=O) groups excluding carboxylic acids is 1. The van der Waals surface area contributed by atoms with Gasteiger partial charge >= 0.3 is 0 Å². The predicted octanol–water partition coefficient (Wildman–Crippen LogP) is 5.47. The van der Waals surface area contributed by atoms with E-state index in [0.29, 0.717) is 6.54 Å². The Labute approximate surface area is 194 Å². The average Bonchev–Trinajstić information content (AvgIpc) is 3.40. The van der Waals surface area contributed by atoms with E-state index < -0.39 is 0 Å². The zero-order chi connectivity index (χ0) is 22.9. The van der Waals surface area contributed by atoms with Crippen molar-refractivity contribution < 1.29 is 4.79 Å². The van der Waals surface area contributed by atoms with Gasteiger partial charge in [0.05, 0.1) is 11.8 Å². The van der Waals surface area contributed by atoms with Gasteiger partial charge < -0.3 is 9.88 Å². The van der Waals surface area contributed by atoms with Gasteiger partial charge in [0, 0.05) is 65.8 Å². The summed E-state index contributed by atoms with van der Waals surface area (Å²) in [5.74, 6) is 0.349. The second-order valence-electron chi connectivity index (χ2n) is 9.16. The summed E-state index contributed by atoms with van der Waals surface area (Å²) >= 11 is 0. The number of piperidine rings is 1. The molecule has 4 heterocycles. The third kappa shape index (κ3) is 3.94. The fourth-order valence-corrected chi connectivity index (χ4v) is 5.12. The number of amides is 1. The zero-order valence-corrected chi connectivity index (χ0v) is 19.6. The van der Waals surface area contributed by atoms with Crippen molar-refractivity contribution in [2.24, 2.45) is 0 Å². The molecule has 1 fully saturated rings. The molecule has 1 N–H and O–H groups in total. The van der Waals surface area contributed by atoms with Crippen molar-refractivity contribution in [2.45, 2.75) is 52.5 Å². The molecular formula is C27H31N5O. The molecule has 1 amide bonds. The topological polar surface area (TPSA) is 66.8 Å². The van der Waals surface area contributed by atoms with Crippen LogP contribution in [-0.2, 0) is 6.54 Å². The number of pyridine rings is 1. The Balaban J connectivity index is 1.50. The third-order valence-corrected chi connectivity index (χ3v) is 6.84. The standard InChI is InChI=1S/C27H31N5O/c1-4-13-32-19(3)23(16-29-32)27(33)31-14-5-6-21(17-31)26-25(20-9-11-28-12-10-20)22-15-18(2)7-8-24(22)30-26/h7-12,15-16,21,30H,4-6,13-14,17H2,1-3H3. The Bertz CT molecular complexity index is 1290. The van der Waals surface area contributed by atoms with Crippen molar-refractivity contribution in [3.63, 3.8) is 0 Å². The van der Waals surface area contributed by atoms with Crippen molar-refractivity contribution >= 4 is 16.8 Å². The fraction of sp³-hybridized carbons (Fsp3) is 0.370. The van der Waals surface area contributed by atoms with Gasteiger partial charge in [0.1, 0.15) is 0 Å². The van der Waals surface area contributed by atoms with Crippen LogP contribution in [0.15, 0.2) is 48.9 Å². The van der Waals surface area contributed by atoms with Crippen LogP contribution in [0, 0.1) is 13.8 Å². The maximum Gasteiger partial charge on any atom is 0.257 e. The summed E-state index contributed by atoms with van der Waals surface area (Å²) in [5.41, 5.74) is 7.69. The Morgan fingerprint density at radius 1 is 1.18 bits per heavy atom. The van der Waals surface area contributed by atoms with Gasteiger partial charge in [-0.2, -0.15) is 5.10 Å². The zero-order valence-electron chi connectivity index (χ0n) is 19.6. The molecule has 0 radical (unpaired) electrons. The summed E-state index contributed by atoms with van der Waals surface area (Å²) < 4.78 is 1.94. The first kappa shape index (κ1) is 21.4. The van der Waals surface area contributed by atoms with Crippen LogP contribution in [0.1, 0.15) is 59.4 Å². The highest BCUT2D eigenvalue weighted by molar-refractivity contribution is 5.98. The van der Waals surface area contributed by atoms with E-state index >= 15 is 0 Å². The van der Waals surface area contributed by atoms with Crippen LogP contribution in [0.3, 0.4) is 0 Å². The van der Waals surface area contributed by atoms with E-state index in [1.54, 1.807) is 6.20 Å². The molecule has 6 nitrogen and oxygen atoms in total. The van der Waals surface area contributed by atoms with E-state index in [-0.39, 0.29) is 11.8 Å². The van der Waals surface area contributed by atoms with Gasteiger partial charge in [-0.25, -0.2) is 0 Å². The van der Waals surface area contributed by atoms with Gasteiger partial charge in [-0.15, -0.1) is 0 Å². The molecule has 0 aliphatic carbocycles. The summed E-state index contributed by atoms with van der Waals surface area (Å²) in [7, 11) is 0. The molecule has 5 rings (SSSR count). The molecule has 0 saturated carbocycles. The number of nitrogens with zero attached hydrogens (tertiary/aromatic N) is 4. The molecule has 1 unspecified atom stereocenters. The second kappa shape index (κ2) is 8.85. The van der Waals surface area contributed by atoms with Crippen molar-refractivity contribution in [2.75, 3.05) is 13.1 Å². The number of fused-ring (bicyclic) bond motifs is 1. The molecule has 1 atom stereocenters. The van der Waals surface area contributed by atoms with Gasteiger partial charge in [0.2, 0.25) is 0 Å². The lowest BCUT2D eigenvalue weighted by Gasteiger charge is -2.33. The molecule has 4 aromatic rings. The van der Waals surface area contributed by atoms with Crippen molar-refractivity contribution in [3.05, 3.63) is 71.4 Å². The Hall–Kier alpha value is -3.41. The molecule has 1 saturated heterocycles. The molecule has 33 heavy (non-hydrogen) atoms. The Kier molecular flexibility index (Phi) is 5.75. The molecule has 0 bridgehead atoms. The van der Waals surface area contributed by atoms with Crippen LogP contribution in [0.5, 0.6) is 0 Å². The highest BCUT2D eigenvalue weighted by Crippen LogP contribution is 2.39. The molecule has 1 aliphatic heterocycles. The summed E-state index contributed by atoms with van der Waals surface area (Å²) in [5, 5.41) is 5.68. The molecule has 170 valence electrons. The minimum atomic E-state index is 0.0944. The minimum Gasteiger partial charge on any atom is -0.358 e. The van der Waals surface area contributed by atoms with E-state index in [1.807, 2.05) is 28.9 Å². The highest BCUT2D eigenvalue weighted by atomic mass is 16.2. The number of carbonyl (C=O) groups is 1. The van der Waals surface area contributed by atoms with Crippen LogP contribution in [0.2, 0.25) is 0 Å². The second-order valence-corrected chi connectivity index (χ2v) is 9.16. The summed E-state index contributed by atoms with van der Waals surface area (Å²) in [6.45, 7) is 8.59. The third-order valence-electron chi connectivity index (χ3n) is 6.84. The van der Waals surface area contributed by atoms with Gasteiger partial charge in [-0.3, -0.25) is 14.5 Å². The number of hydrogen-bond acceptors (Lipinski definition) is 3. The van der Waals surface area contributed by atoms with Crippen LogP contribution in [0.4, 0.5) is 0 Å². The summed E-state index contributed by atoms with van der Waals surface area (Å²) in [4.78, 5) is 23.4. The number of H-pyrrole nitrogens is 1. The average molecular weight is 442 g/mol. The summed E-state index contributed by atoms with van der Waals surface area (Å²) in [6, 6.07) is 10.7. The maximum atomic E-state index is 13.4. The van der Waals surface area contributed by atoms with Crippen LogP contribution in [-0.4, -0.2) is 43.6 Å². The van der Waals surface area contributed by atoms with Gasteiger partial charge in [0.15, 0.2) is 0 Å². The van der Waals surface area contributed by atoms with E-state index in [9.17, 15) is 4.79 Å². The molecule has 1 aliphatic rings. The lowest BCUT2D eigenvalue weighted by molar-refractivity contribution is 0.0705. The smallest absolute Gasteiger partial charge is 0.257 e. The monoisotopic (exact) mass is 441 g/mol. The van der Waals surface area contributed by atoms with Crippen LogP contribution >= 0.6 is 0 Å². The fourth-order valence-electron chi connectivity index (χ4n) is 5.12. The first-order chi connectivity index (χ1) is 16.1. The minimum absolute atomic E-state index is 0.0944.